The van der Waals surface area contributed by atoms with Gasteiger partial charge in [0.05, 0.1) is 0 Å². The maximum Gasteiger partial charge on any atom is 0.0404 e. The number of nitrogens with zero attached hydrogens (tertiary/aromatic N) is 1. The number of rotatable bonds is 4. The average molecular weight is 205 g/mol. The highest BCUT2D eigenvalue weighted by Gasteiger charge is 2.25. The highest BCUT2D eigenvalue weighted by atomic mass is 15.2. The second-order valence-corrected chi connectivity index (χ2v) is 4.60. The highest BCUT2D eigenvalue weighted by molar-refractivity contribution is 5.26. The molecule has 0 N–H and O–H groups in total. The minimum atomic E-state index is 0.136. The maximum atomic E-state index is 2.48. The van der Waals surface area contributed by atoms with Gasteiger partial charge >= 0.3 is 0 Å². The fraction of sp³-hybridized carbons (Fsp3) is 0.571. The normalized spacial score (nSPS) is 12.1. The molecule has 84 valence electrons. The molecule has 1 aromatic rings. The van der Waals surface area contributed by atoms with Crippen LogP contribution in [0.5, 0.6) is 0 Å². The van der Waals surface area contributed by atoms with Gasteiger partial charge in [-0.25, -0.2) is 0 Å². The summed E-state index contributed by atoms with van der Waals surface area (Å²) in [6.45, 7) is 13.4. The van der Waals surface area contributed by atoms with Crippen LogP contribution in [-0.2, 0) is 5.54 Å². The van der Waals surface area contributed by atoms with E-state index in [1.807, 2.05) is 0 Å². The topological polar surface area (TPSA) is 3.24 Å². The van der Waals surface area contributed by atoms with Crippen LogP contribution < -0.4 is 0 Å². The van der Waals surface area contributed by atoms with Crippen molar-refractivity contribution in [2.24, 2.45) is 0 Å². The van der Waals surface area contributed by atoms with Gasteiger partial charge in [0.15, 0.2) is 0 Å². The lowest BCUT2D eigenvalue weighted by atomic mass is 9.91. The number of hydrogen-bond donors (Lipinski definition) is 0. The Labute approximate surface area is 94.1 Å². The lowest BCUT2D eigenvalue weighted by molar-refractivity contribution is 0.135. The number of hydrogen-bond acceptors (Lipinski definition) is 1. The Morgan fingerprint density at radius 3 is 1.87 bits per heavy atom. The third-order valence-electron chi connectivity index (χ3n) is 3.31. The van der Waals surface area contributed by atoms with E-state index in [1.54, 1.807) is 0 Å². The summed E-state index contributed by atoms with van der Waals surface area (Å²) < 4.78 is 0. The lowest BCUT2D eigenvalue weighted by Crippen LogP contribution is -2.41. The van der Waals surface area contributed by atoms with Gasteiger partial charge < -0.3 is 0 Å². The van der Waals surface area contributed by atoms with Crippen LogP contribution in [0.25, 0.3) is 0 Å². The van der Waals surface area contributed by atoms with E-state index >= 15 is 0 Å². The van der Waals surface area contributed by atoms with Gasteiger partial charge in [-0.3, -0.25) is 4.90 Å². The van der Waals surface area contributed by atoms with E-state index in [-0.39, 0.29) is 5.54 Å². The van der Waals surface area contributed by atoms with E-state index in [2.05, 4.69) is 63.8 Å². The van der Waals surface area contributed by atoms with E-state index in [1.165, 1.54) is 11.1 Å². The van der Waals surface area contributed by atoms with Crippen molar-refractivity contribution < 1.29 is 0 Å². The van der Waals surface area contributed by atoms with E-state index in [4.69, 9.17) is 0 Å². The minimum Gasteiger partial charge on any atom is -0.295 e. The molecule has 0 amide bonds. The molecular formula is C14H23N. The van der Waals surface area contributed by atoms with Crippen LogP contribution in [0, 0.1) is 6.92 Å². The highest BCUT2D eigenvalue weighted by Crippen LogP contribution is 2.27. The molecule has 0 saturated carbocycles. The summed E-state index contributed by atoms with van der Waals surface area (Å²) in [5.41, 5.74) is 2.86. The van der Waals surface area contributed by atoms with Crippen LogP contribution in [0.1, 0.15) is 38.8 Å². The lowest BCUT2D eigenvalue weighted by Gasteiger charge is -2.37. The van der Waals surface area contributed by atoms with Crippen molar-refractivity contribution in [1.29, 1.82) is 0 Å². The molecule has 0 aliphatic heterocycles. The van der Waals surface area contributed by atoms with Gasteiger partial charge in [0.25, 0.3) is 0 Å². The summed E-state index contributed by atoms with van der Waals surface area (Å²) in [5.74, 6) is 0. The predicted octanol–water partition coefficient (Wildman–Crippen LogP) is 3.57. The van der Waals surface area contributed by atoms with Gasteiger partial charge in [-0.2, -0.15) is 0 Å². The molecular weight excluding hydrogens is 182 g/mol. The molecule has 0 aliphatic rings. The van der Waals surface area contributed by atoms with Crippen LogP contribution in [-0.4, -0.2) is 18.0 Å². The zero-order chi connectivity index (χ0) is 11.5. The van der Waals surface area contributed by atoms with E-state index in [0.717, 1.165) is 13.1 Å². The second kappa shape index (κ2) is 4.80. The molecule has 0 heterocycles. The third-order valence-corrected chi connectivity index (χ3v) is 3.31. The largest absolute Gasteiger partial charge is 0.295 e. The van der Waals surface area contributed by atoms with Gasteiger partial charge in [-0.05, 0) is 39.4 Å². The molecule has 0 saturated heterocycles. The van der Waals surface area contributed by atoms with Crippen molar-refractivity contribution in [3.05, 3.63) is 35.4 Å². The molecule has 0 atom stereocenters. The molecule has 1 aromatic carbocycles. The zero-order valence-corrected chi connectivity index (χ0v) is 10.7. The molecule has 0 bridgehead atoms. The third kappa shape index (κ3) is 2.60. The van der Waals surface area contributed by atoms with Crippen molar-refractivity contribution in [3.8, 4) is 0 Å². The average Bonchev–Trinajstić information content (AvgIpc) is 2.19. The van der Waals surface area contributed by atoms with Crippen molar-refractivity contribution in [3.63, 3.8) is 0 Å². The fourth-order valence-electron chi connectivity index (χ4n) is 2.16. The summed E-state index contributed by atoms with van der Waals surface area (Å²) in [6, 6.07) is 8.88. The number of aryl methyl sites for hydroxylation is 1. The smallest absolute Gasteiger partial charge is 0.0404 e. The molecule has 1 nitrogen and oxygen atoms in total. The Morgan fingerprint density at radius 1 is 1.00 bits per heavy atom. The number of benzene rings is 1. The molecule has 1 heteroatoms. The first-order chi connectivity index (χ1) is 7.02. The van der Waals surface area contributed by atoms with Crippen molar-refractivity contribution in [1.82, 2.24) is 4.90 Å². The van der Waals surface area contributed by atoms with E-state index in [9.17, 15) is 0 Å². The van der Waals surface area contributed by atoms with Crippen LogP contribution in [0.15, 0.2) is 24.3 Å². The summed E-state index contributed by atoms with van der Waals surface area (Å²) in [6.07, 6.45) is 0. The quantitative estimate of drug-likeness (QED) is 0.726. The second-order valence-electron chi connectivity index (χ2n) is 4.60. The monoisotopic (exact) mass is 205 g/mol. The Bertz CT molecular complexity index is 294. The van der Waals surface area contributed by atoms with Crippen molar-refractivity contribution in [2.45, 2.75) is 40.2 Å². The molecule has 0 aliphatic carbocycles. The van der Waals surface area contributed by atoms with Crippen LogP contribution >= 0.6 is 0 Å². The Balaban J connectivity index is 2.98. The van der Waals surface area contributed by atoms with Gasteiger partial charge in [0.1, 0.15) is 0 Å². The standard InChI is InChI=1S/C14H23N/c1-6-15(7-2)14(4,5)13-10-8-12(3)9-11-13/h8-11H,6-7H2,1-5H3. The summed E-state index contributed by atoms with van der Waals surface area (Å²) in [4.78, 5) is 2.48. The first kappa shape index (κ1) is 12.3. The Hall–Kier alpha value is -0.820. The maximum absolute atomic E-state index is 2.48. The molecule has 1 rings (SSSR count). The van der Waals surface area contributed by atoms with Crippen molar-refractivity contribution in [2.75, 3.05) is 13.1 Å². The first-order valence-electron chi connectivity index (χ1n) is 5.84. The van der Waals surface area contributed by atoms with Gasteiger partial charge in [0, 0.05) is 5.54 Å². The van der Waals surface area contributed by atoms with E-state index in [0.29, 0.717) is 0 Å². The Kier molecular flexibility index (Phi) is 3.92. The minimum absolute atomic E-state index is 0.136. The van der Waals surface area contributed by atoms with Gasteiger partial charge in [0.2, 0.25) is 0 Å². The van der Waals surface area contributed by atoms with Gasteiger partial charge in [-0.1, -0.05) is 43.7 Å². The fourth-order valence-corrected chi connectivity index (χ4v) is 2.16. The first-order valence-corrected chi connectivity index (χ1v) is 5.84. The van der Waals surface area contributed by atoms with Gasteiger partial charge in [-0.15, -0.1) is 0 Å². The summed E-state index contributed by atoms with van der Waals surface area (Å²) >= 11 is 0. The predicted molar refractivity (Wildman–Crippen MR) is 67.1 cm³/mol. The summed E-state index contributed by atoms with van der Waals surface area (Å²) in [7, 11) is 0. The van der Waals surface area contributed by atoms with E-state index < -0.39 is 0 Å². The molecule has 0 spiro atoms. The molecule has 15 heavy (non-hydrogen) atoms. The molecule has 0 aromatic heterocycles. The Morgan fingerprint density at radius 2 is 1.47 bits per heavy atom. The van der Waals surface area contributed by atoms with Crippen LogP contribution in [0.3, 0.4) is 0 Å². The van der Waals surface area contributed by atoms with Crippen LogP contribution in [0.2, 0.25) is 0 Å². The SMILES string of the molecule is CCN(CC)C(C)(C)c1ccc(C)cc1. The summed E-state index contributed by atoms with van der Waals surface area (Å²) in [5, 5.41) is 0. The molecule has 0 fully saturated rings. The van der Waals surface area contributed by atoms with Crippen molar-refractivity contribution >= 4 is 0 Å². The zero-order valence-electron chi connectivity index (χ0n) is 10.7. The molecule has 0 radical (unpaired) electrons. The van der Waals surface area contributed by atoms with Crippen LogP contribution in [0.4, 0.5) is 0 Å². The molecule has 0 unspecified atom stereocenters.